The van der Waals surface area contributed by atoms with Crippen molar-refractivity contribution in [2.45, 2.75) is 39.8 Å². The smallest absolute Gasteiger partial charge is 0.221 e. The number of anilines is 1. The van der Waals surface area contributed by atoms with E-state index in [1.807, 2.05) is 32.0 Å². The number of aliphatic hydroxyl groups is 1. The third kappa shape index (κ3) is 7.52. The molecule has 0 radical (unpaired) electrons. The number of nitrogens with zero attached hydrogens (tertiary/aromatic N) is 1. The predicted octanol–water partition coefficient (Wildman–Crippen LogP) is 3.14. The number of nitrogens with one attached hydrogen (secondary N) is 3. The van der Waals surface area contributed by atoms with Crippen LogP contribution in [0.2, 0.25) is 0 Å². The second-order valence-electron chi connectivity index (χ2n) is 6.95. The molecule has 0 aliphatic rings. The molecule has 0 bridgehead atoms. The fourth-order valence-corrected chi connectivity index (χ4v) is 2.72. The first-order valence-electron chi connectivity index (χ1n) is 9.51. The highest BCUT2D eigenvalue weighted by molar-refractivity contribution is 14.0. The minimum Gasteiger partial charge on any atom is -0.495 e. The van der Waals surface area contributed by atoms with Gasteiger partial charge in [-0.1, -0.05) is 6.07 Å². The van der Waals surface area contributed by atoms with Crippen LogP contribution in [0.5, 0.6) is 5.75 Å². The minimum atomic E-state index is -1.18. The van der Waals surface area contributed by atoms with Crippen LogP contribution in [-0.2, 0) is 16.9 Å². The van der Waals surface area contributed by atoms with Crippen LogP contribution in [0.1, 0.15) is 37.9 Å². The summed E-state index contributed by atoms with van der Waals surface area (Å²) < 4.78 is 10.8. The number of halogens is 1. The number of hydrogen-bond donors (Lipinski definition) is 4. The lowest BCUT2D eigenvalue weighted by molar-refractivity contribution is -0.114. The zero-order valence-corrected chi connectivity index (χ0v) is 20.4. The fourth-order valence-electron chi connectivity index (χ4n) is 2.72. The van der Waals surface area contributed by atoms with Gasteiger partial charge < -0.3 is 30.2 Å². The third-order valence-electron chi connectivity index (χ3n) is 4.21. The van der Waals surface area contributed by atoms with E-state index in [9.17, 15) is 9.90 Å². The molecule has 0 aliphatic carbocycles. The maximum Gasteiger partial charge on any atom is 0.221 e. The molecule has 166 valence electrons. The molecule has 1 aromatic carbocycles. The minimum absolute atomic E-state index is 0. The average Bonchev–Trinajstić information content (AvgIpc) is 3.11. The number of hydrogen-bond acceptors (Lipinski definition) is 5. The molecule has 2 aromatic rings. The van der Waals surface area contributed by atoms with E-state index in [1.165, 1.54) is 6.92 Å². The summed E-state index contributed by atoms with van der Waals surface area (Å²) in [5, 5.41) is 19.7. The number of ether oxygens (including phenoxy) is 1. The number of carbonyl (C=O) groups excluding carboxylic acids is 1. The average molecular weight is 530 g/mol. The normalized spacial score (nSPS) is 13.1. The van der Waals surface area contributed by atoms with Gasteiger partial charge in [0.1, 0.15) is 22.9 Å². The van der Waals surface area contributed by atoms with Gasteiger partial charge in [-0.15, -0.1) is 24.0 Å². The molecule has 1 unspecified atom stereocenters. The summed E-state index contributed by atoms with van der Waals surface area (Å²) >= 11 is 0. The standard InChI is InChI=1S/C21H30N4O4.HI/c1-6-22-20(24-13-21(4,27)19-10-7-14(2)29-19)23-12-16-8-9-18(28-5)17(11-16)25-15(3)26;/h7-11,27H,6,12-13H2,1-5H3,(H,25,26)(H2,22,23,24);1H. The van der Waals surface area contributed by atoms with E-state index in [-0.39, 0.29) is 36.4 Å². The van der Waals surface area contributed by atoms with Crippen LogP contribution in [0.15, 0.2) is 39.7 Å². The quantitative estimate of drug-likeness (QED) is 0.237. The van der Waals surface area contributed by atoms with Crippen molar-refractivity contribution in [1.82, 2.24) is 10.6 Å². The summed E-state index contributed by atoms with van der Waals surface area (Å²) in [4.78, 5) is 16.0. The van der Waals surface area contributed by atoms with E-state index in [0.29, 0.717) is 36.2 Å². The van der Waals surface area contributed by atoms with Crippen LogP contribution >= 0.6 is 24.0 Å². The van der Waals surface area contributed by atoms with Crippen LogP contribution in [0.3, 0.4) is 0 Å². The summed E-state index contributed by atoms with van der Waals surface area (Å²) in [6.07, 6.45) is 0. The first kappa shape index (κ1) is 25.8. The molecule has 2 rings (SSSR count). The third-order valence-corrected chi connectivity index (χ3v) is 4.21. The zero-order valence-electron chi connectivity index (χ0n) is 18.0. The van der Waals surface area contributed by atoms with Crippen LogP contribution in [0.25, 0.3) is 0 Å². The first-order chi connectivity index (χ1) is 13.7. The molecular formula is C21H31IN4O4. The van der Waals surface area contributed by atoms with Crippen molar-refractivity contribution >= 4 is 41.5 Å². The van der Waals surface area contributed by atoms with Crippen molar-refractivity contribution in [3.63, 3.8) is 0 Å². The van der Waals surface area contributed by atoms with Gasteiger partial charge in [-0.3, -0.25) is 4.79 Å². The molecule has 1 amide bonds. The number of guanidine groups is 1. The monoisotopic (exact) mass is 530 g/mol. The summed E-state index contributed by atoms with van der Waals surface area (Å²) in [5.74, 6) is 2.22. The Hall–Kier alpha value is -2.27. The Labute approximate surface area is 194 Å². The Balaban J connectivity index is 0.00000450. The summed E-state index contributed by atoms with van der Waals surface area (Å²) in [6, 6.07) is 9.09. The summed E-state index contributed by atoms with van der Waals surface area (Å²) in [6.45, 7) is 8.22. The predicted molar refractivity (Wildman–Crippen MR) is 129 cm³/mol. The van der Waals surface area contributed by atoms with Gasteiger partial charge in [-0.05, 0) is 50.6 Å². The number of rotatable bonds is 8. The summed E-state index contributed by atoms with van der Waals surface area (Å²) in [5.41, 5.74) is 0.324. The number of benzene rings is 1. The number of carbonyl (C=O) groups is 1. The van der Waals surface area contributed by atoms with E-state index in [4.69, 9.17) is 9.15 Å². The lowest BCUT2D eigenvalue weighted by Gasteiger charge is -2.23. The highest BCUT2D eigenvalue weighted by Crippen LogP contribution is 2.26. The van der Waals surface area contributed by atoms with Crippen LogP contribution in [0, 0.1) is 6.92 Å². The molecule has 0 saturated carbocycles. The molecule has 8 nitrogen and oxygen atoms in total. The lowest BCUT2D eigenvalue weighted by Crippen LogP contribution is -2.44. The number of furan rings is 1. The molecular weight excluding hydrogens is 499 g/mol. The van der Waals surface area contributed by atoms with Crippen molar-refractivity contribution in [3.05, 3.63) is 47.4 Å². The van der Waals surface area contributed by atoms with E-state index < -0.39 is 5.60 Å². The number of aryl methyl sites for hydroxylation is 1. The van der Waals surface area contributed by atoms with Gasteiger partial charge in [0.15, 0.2) is 5.96 Å². The molecule has 0 saturated heterocycles. The highest BCUT2D eigenvalue weighted by atomic mass is 127. The topological polar surface area (TPSA) is 108 Å². The molecule has 0 fully saturated rings. The van der Waals surface area contributed by atoms with Crippen molar-refractivity contribution in [3.8, 4) is 5.75 Å². The Kier molecular flexibility index (Phi) is 10.1. The second-order valence-corrected chi connectivity index (χ2v) is 6.95. The van der Waals surface area contributed by atoms with Crippen molar-refractivity contribution in [2.24, 2.45) is 4.99 Å². The van der Waals surface area contributed by atoms with Crippen molar-refractivity contribution in [1.29, 1.82) is 0 Å². The fraction of sp³-hybridized carbons (Fsp3) is 0.429. The van der Waals surface area contributed by atoms with Crippen LogP contribution < -0.4 is 20.7 Å². The second kappa shape index (κ2) is 11.8. The van der Waals surface area contributed by atoms with Gasteiger partial charge in [0, 0.05) is 13.5 Å². The molecule has 30 heavy (non-hydrogen) atoms. The Morgan fingerprint density at radius 1 is 1.27 bits per heavy atom. The first-order valence-corrected chi connectivity index (χ1v) is 9.51. The Bertz CT molecular complexity index is 864. The molecule has 1 heterocycles. The lowest BCUT2D eigenvalue weighted by atomic mass is 10.0. The maximum absolute atomic E-state index is 11.4. The SMILES string of the molecule is CCNC(=NCc1ccc(OC)c(NC(C)=O)c1)NCC(C)(O)c1ccc(C)o1.I. The van der Waals surface area contributed by atoms with Crippen molar-refractivity contribution < 1.29 is 19.1 Å². The maximum atomic E-state index is 11.4. The van der Waals surface area contributed by atoms with Gasteiger partial charge in [0.25, 0.3) is 0 Å². The molecule has 1 atom stereocenters. The molecule has 0 spiro atoms. The van der Waals surface area contributed by atoms with Gasteiger partial charge in [0.05, 0.1) is 25.9 Å². The highest BCUT2D eigenvalue weighted by Gasteiger charge is 2.27. The number of aliphatic imine (C=N–C) groups is 1. The van der Waals surface area contributed by atoms with Gasteiger partial charge in [-0.25, -0.2) is 4.99 Å². The Morgan fingerprint density at radius 2 is 2.00 bits per heavy atom. The van der Waals surface area contributed by atoms with Gasteiger partial charge in [-0.2, -0.15) is 0 Å². The van der Waals surface area contributed by atoms with E-state index in [1.54, 1.807) is 26.2 Å². The van der Waals surface area contributed by atoms with Gasteiger partial charge in [0.2, 0.25) is 5.91 Å². The zero-order chi connectivity index (χ0) is 21.4. The number of methoxy groups -OCH3 is 1. The molecule has 4 N–H and O–H groups in total. The van der Waals surface area contributed by atoms with Crippen LogP contribution in [0.4, 0.5) is 5.69 Å². The molecule has 1 aromatic heterocycles. The van der Waals surface area contributed by atoms with Gasteiger partial charge >= 0.3 is 0 Å². The molecule has 9 heteroatoms. The Morgan fingerprint density at radius 3 is 2.57 bits per heavy atom. The van der Waals surface area contributed by atoms with Crippen LogP contribution in [-0.4, -0.2) is 37.2 Å². The number of amides is 1. The largest absolute Gasteiger partial charge is 0.495 e. The van der Waals surface area contributed by atoms with E-state index >= 15 is 0 Å². The molecule has 0 aliphatic heterocycles. The van der Waals surface area contributed by atoms with E-state index in [2.05, 4.69) is 20.9 Å². The summed E-state index contributed by atoms with van der Waals surface area (Å²) in [7, 11) is 1.55. The van der Waals surface area contributed by atoms with E-state index in [0.717, 1.165) is 11.3 Å². The van der Waals surface area contributed by atoms with Crippen molar-refractivity contribution in [2.75, 3.05) is 25.5 Å².